The third-order valence-electron chi connectivity index (χ3n) is 9.36. The van der Waals surface area contributed by atoms with Crippen molar-refractivity contribution in [3.8, 4) is 0 Å². The SMILES string of the molecule is C[NH+]1CCN(C2CC=NC(C3CC(O)CC(C4CC(N5CC[N+](C)(C)CC5)C=CN4)N3)C2)CC1. The zero-order valence-electron chi connectivity index (χ0n) is 21.7. The Morgan fingerprint density at radius 2 is 1.68 bits per heavy atom. The fraction of sp³-hybridized carbons (Fsp3) is 0.885. The van der Waals surface area contributed by atoms with E-state index in [1.54, 1.807) is 4.90 Å². The molecule has 8 nitrogen and oxygen atoms in total. The van der Waals surface area contributed by atoms with E-state index >= 15 is 0 Å². The van der Waals surface area contributed by atoms with Gasteiger partial charge in [0.15, 0.2) is 0 Å². The summed E-state index contributed by atoms with van der Waals surface area (Å²) in [5, 5.41) is 18.5. The molecule has 5 heterocycles. The van der Waals surface area contributed by atoms with Gasteiger partial charge >= 0.3 is 0 Å². The second-order valence-electron chi connectivity index (χ2n) is 12.4. The Morgan fingerprint density at radius 3 is 2.44 bits per heavy atom. The van der Waals surface area contributed by atoms with Crippen molar-refractivity contribution in [2.75, 3.05) is 73.5 Å². The largest absolute Gasteiger partial charge is 0.393 e. The van der Waals surface area contributed by atoms with E-state index in [9.17, 15) is 5.11 Å². The van der Waals surface area contributed by atoms with Crippen LogP contribution in [0.25, 0.3) is 0 Å². The van der Waals surface area contributed by atoms with Crippen LogP contribution in [-0.4, -0.2) is 141 Å². The van der Waals surface area contributed by atoms with E-state index in [2.05, 4.69) is 60.1 Å². The summed E-state index contributed by atoms with van der Waals surface area (Å²) < 4.78 is 1.13. The van der Waals surface area contributed by atoms with Crippen LogP contribution >= 0.6 is 0 Å². The van der Waals surface area contributed by atoms with Crippen LogP contribution in [0.1, 0.15) is 32.1 Å². The highest BCUT2D eigenvalue weighted by Crippen LogP contribution is 2.28. The Hall–Kier alpha value is -1.03. The molecule has 34 heavy (non-hydrogen) atoms. The molecule has 5 aliphatic heterocycles. The fourth-order valence-corrected chi connectivity index (χ4v) is 6.83. The summed E-state index contributed by atoms with van der Waals surface area (Å²) in [6.07, 6.45) is 11.4. The molecule has 0 bridgehead atoms. The molecule has 0 amide bonds. The van der Waals surface area contributed by atoms with Crippen LogP contribution in [-0.2, 0) is 0 Å². The minimum absolute atomic E-state index is 0.238. The zero-order valence-corrected chi connectivity index (χ0v) is 21.7. The van der Waals surface area contributed by atoms with E-state index < -0.39 is 0 Å². The van der Waals surface area contributed by atoms with Crippen LogP contribution < -0.4 is 15.5 Å². The van der Waals surface area contributed by atoms with Gasteiger partial charge in [0.25, 0.3) is 0 Å². The lowest BCUT2D eigenvalue weighted by Gasteiger charge is -2.46. The lowest BCUT2D eigenvalue weighted by molar-refractivity contribution is -0.894. The van der Waals surface area contributed by atoms with Gasteiger partial charge in [0, 0.05) is 62.6 Å². The summed E-state index contributed by atoms with van der Waals surface area (Å²) in [7, 11) is 6.99. The van der Waals surface area contributed by atoms with E-state index in [0.29, 0.717) is 24.2 Å². The molecular weight excluding hydrogens is 426 g/mol. The highest BCUT2D eigenvalue weighted by molar-refractivity contribution is 5.59. The van der Waals surface area contributed by atoms with Gasteiger partial charge in [-0.3, -0.25) is 14.8 Å². The van der Waals surface area contributed by atoms with Crippen molar-refractivity contribution in [2.45, 2.75) is 74.5 Å². The second kappa shape index (κ2) is 10.5. The number of piperazine rings is 2. The molecule has 0 aromatic rings. The first kappa shape index (κ1) is 24.7. The van der Waals surface area contributed by atoms with Crippen LogP contribution in [0.15, 0.2) is 17.3 Å². The number of nitrogens with zero attached hydrogens (tertiary/aromatic N) is 4. The van der Waals surface area contributed by atoms with Crippen LogP contribution in [0.2, 0.25) is 0 Å². The molecule has 0 radical (unpaired) electrons. The number of quaternary nitrogens is 2. The highest BCUT2D eigenvalue weighted by Gasteiger charge is 2.40. The predicted molar refractivity (Wildman–Crippen MR) is 137 cm³/mol. The number of aliphatic imine (C=N–C) groups is 1. The van der Waals surface area contributed by atoms with Crippen molar-refractivity contribution in [3.63, 3.8) is 0 Å². The van der Waals surface area contributed by atoms with Gasteiger partial charge in [-0.2, -0.15) is 0 Å². The number of rotatable bonds is 4. The lowest BCUT2D eigenvalue weighted by Crippen LogP contribution is -3.12. The first-order valence-electron chi connectivity index (χ1n) is 13.9. The van der Waals surface area contributed by atoms with Gasteiger partial charge in [-0.1, -0.05) is 6.08 Å². The molecule has 0 aromatic heterocycles. The normalized spacial score (nSPS) is 42.4. The molecule has 5 aliphatic rings. The smallest absolute Gasteiger partial charge is 0.0912 e. The summed E-state index contributed by atoms with van der Waals surface area (Å²) in [5.41, 5.74) is 0. The maximum absolute atomic E-state index is 10.9. The predicted octanol–water partition coefficient (Wildman–Crippen LogP) is -1.46. The van der Waals surface area contributed by atoms with Gasteiger partial charge in [-0.05, 0) is 38.3 Å². The summed E-state index contributed by atoms with van der Waals surface area (Å²) in [5.74, 6) is 0. The van der Waals surface area contributed by atoms with Gasteiger partial charge in [-0.15, -0.1) is 0 Å². The monoisotopic (exact) mass is 475 g/mol. The number of piperidine rings is 1. The van der Waals surface area contributed by atoms with Gasteiger partial charge in [0.2, 0.25) is 0 Å². The number of aliphatic hydroxyl groups excluding tert-OH is 1. The molecule has 0 spiro atoms. The Balaban J connectivity index is 1.18. The Morgan fingerprint density at radius 1 is 0.941 bits per heavy atom. The topological polar surface area (TPSA) is 67.6 Å². The summed E-state index contributed by atoms with van der Waals surface area (Å²) in [4.78, 5) is 12.0. The maximum atomic E-state index is 10.9. The van der Waals surface area contributed by atoms with Gasteiger partial charge < -0.3 is 25.1 Å². The van der Waals surface area contributed by atoms with Crippen molar-refractivity contribution >= 4 is 6.21 Å². The highest BCUT2D eigenvalue weighted by atomic mass is 16.3. The van der Waals surface area contributed by atoms with Crippen LogP contribution in [0.4, 0.5) is 0 Å². The molecule has 4 N–H and O–H groups in total. The number of nitrogens with one attached hydrogen (secondary N) is 3. The number of aliphatic hydroxyl groups is 1. The minimum atomic E-state index is -0.238. The molecule has 192 valence electrons. The number of hydrogen-bond donors (Lipinski definition) is 4. The standard InChI is InChI=1S/C26H48N7O/c1-30-8-10-31(11-9-30)20-4-6-27-23(16-20)25-18-22(34)19-26(29-25)24-17-21(5-7-28-24)32-12-14-33(2,3)15-13-32/h5-7,20-26,28-29,34H,4,8-19H2,1-3H3/q+1/p+1. The van der Waals surface area contributed by atoms with E-state index in [4.69, 9.17) is 4.99 Å². The lowest BCUT2D eigenvalue weighted by atomic mass is 9.83. The minimum Gasteiger partial charge on any atom is -0.393 e. The van der Waals surface area contributed by atoms with Crippen molar-refractivity contribution in [1.29, 1.82) is 0 Å². The third-order valence-corrected chi connectivity index (χ3v) is 9.36. The Bertz CT molecular complexity index is 725. The maximum Gasteiger partial charge on any atom is 0.0912 e. The van der Waals surface area contributed by atoms with E-state index in [1.165, 1.54) is 52.4 Å². The second-order valence-corrected chi connectivity index (χ2v) is 12.4. The molecule has 0 aliphatic carbocycles. The summed E-state index contributed by atoms with van der Waals surface area (Å²) in [6.45, 7) is 9.68. The van der Waals surface area contributed by atoms with Crippen LogP contribution in [0.3, 0.4) is 0 Å². The van der Waals surface area contributed by atoms with Crippen molar-refractivity contribution in [2.24, 2.45) is 4.99 Å². The molecule has 7 atom stereocenters. The molecule has 5 rings (SSSR count). The molecule has 3 saturated heterocycles. The van der Waals surface area contributed by atoms with Gasteiger partial charge in [-0.25, -0.2) is 0 Å². The molecule has 7 unspecified atom stereocenters. The Kier molecular flexibility index (Phi) is 7.63. The van der Waals surface area contributed by atoms with Crippen molar-refractivity contribution in [1.82, 2.24) is 20.4 Å². The Labute approximate surface area is 206 Å². The molecule has 0 saturated carbocycles. The van der Waals surface area contributed by atoms with Gasteiger partial charge in [0.1, 0.15) is 0 Å². The van der Waals surface area contributed by atoms with E-state index in [1.807, 2.05) is 0 Å². The first-order valence-corrected chi connectivity index (χ1v) is 13.9. The molecular formula is C26H49N7O+2. The van der Waals surface area contributed by atoms with Crippen LogP contribution in [0.5, 0.6) is 0 Å². The average Bonchev–Trinajstić information content (AvgIpc) is 2.84. The summed E-state index contributed by atoms with van der Waals surface area (Å²) in [6, 6.07) is 2.31. The quantitative estimate of drug-likeness (QED) is 0.374. The van der Waals surface area contributed by atoms with E-state index in [-0.39, 0.29) is 18.2 Å². The average molecular weight is 476 g/mol. The summed E-state index contributed by atoms with van der Waals surface area (Å²) >= 11 is 0. The van der Waals surface area contributed by atoms with E-state index in [0.717, 1.165) is 36.6 Å². The van der Waals surface area contributed by atoms with Crippen molar-refractivity contribution < 1.29 is 14.5 Å². The number of hydrogen-bond acceptors (Lipinski definition) is 6. The van der Waals surface area contributed by atoms with Gasteiger partial charge in [0.05, 0.1) is 59.5 Å². The number of likely N-dealkylation sites (N-methyl/N-ethyl adjacent to an activating group) is 2. The third kappa shape index (κ3) is 5.85. The zero-order chi connectivity index (χ0) is 23.7. The fourth-order valence-electron chi connectivity index (χ4n) is 6.83. The molecule has 3 fully saturated rings. The molecule has 8 heteroatoms. The first-order chi connectivity index (χ1) is 16.4. The molecule has 0 aromatic carbocycles. The van der Waals surface area contributed by atoms with Crippen LogP contribution in [0, 0.1) is 0 Å². The van der Waals surface area contributed by atoms with Crippen molar-refractivity contribution in [3.05, 3.63) is 12.3 Å².